The third kappa shape index (κ3) is 1.93. The maximum Gasteiger partial charge on any atom is 0.178 e. The Morgan fingerprint density at radius 3 is 2.58 bits per heavy atom. The molecule has 0 amide bonds. The van der Waals surface area contributed by atoms with Crippen LogP contribution in [0.3, 0.4) is 0 Å². The van der Waals surface area contributed by atoms with E-state index < -0.39 is 0 Å². The van der Waals surface area contributed by atoms with Crippen LogP contribution in [0.15, 0.2) is 48.5 Å². The number of hydrogen-bond acceptors (Lipinski definition) is 1. The van der Waals surface area contributed by atoms with Gasteiger partial charge in [0.15, 0.2) is 4.77 Å². The van der Waals surface area contributed by atoms with Gasteiger partial charge in [-0.1, -0.05) is 41.9 Å². The molecule has 0 spiro atoms. The predicted molar refractivity (Wildman–Crippen MR) is 101 cm³/mol. The minimum Gasteiger partial charge on any atom is -0.353 e. The molecule has 0 radical (unpaired) electrons. The number of nitrogens with one attached hydrogen (secondary N) is 2. The van der Waals surface area contributed by atoms with Crippen LogP contribution < -0.4 is 0 Å². The Morgan fingerprint density at radius 2 is 1.75 bits per heavy atom. The fraction of sp³-hybridized carbons (Fsp3) is 0.105. The lowest BCUT2D eigenvalue weighted by Crippen LogP contribution is -2.10. The minimum absolute atomic E-state index is 0.733. The second-order valence-electron chi connectivity index (χ2n) is 6.09. The Kier molecular flexibility index (Phi) is 2.99. The maximum atomic E-state index is 6.04. The molecule has 0 saturated heterocycles. The van der Waals surface area contributed by atoms with Crippen LogP contribution >= 0.6 is 23.8 Å². The van der Waals surface area contributed by atoms with Crippen LogP contribution in [0.5, 0.6) is 0 Å². The molecule has 0 atom stereocenters. The molecular formula is C19H14ClN3S. The summed E-state index contributed by atoms with van der Waals surface area (Å²) < 4.78 is 2.95. The van der Waals surface area contributed by atoms with E-state index in [2.05, 4.69) is 38.8 Å². The number of hydrogen-bond donors (Lipinski definition) is 2. The molecular weight excluding hydrogens is 338 g/mol. The van der Waals surface area contributed by atoms with Crippen molar-refractivity contribution >= 4 is 34.7 Å². The van der Waals surface area contributed by atoms with E-state index in [9.17, 15) is 0 Å². The smallest absolute Gasteiger partial charge is 0.178 e. The van der Waals surface area contributed by atoms with E-state index in [1.54, 1.807) is 0 Å². The van der Waals surface area contributed by atoms with Gasteiger partial charge in [-0.15, -0.1) is 0 Å². The molecule has 1 aliphatic heterocycles. The number of benzene rings is 2. The Bertz CT molecular complexity index is 1130. The molecule has 3 nitrogen and oxygen atoms in total. The quantitative estimate of drug-likeness (QED) is 0.432. The lowest BCUT2D eigenvalue weighted by molar-refractivity contribution is 0.677. The molecule has 2 aromatic carbocycles. The first kappa shape index (κ1) is 14.1. The van der Waals surface area contributed by atoms with Gasteiger partial charge in [-0.3, -0.25) is 0 Å². The minimum atomic E-state index is 0.733. The van der Waals surface area contributed by atoms with Crippen molar-refractivity contribution in [2.24, 2.45) is 0 Å². The maximum absolute atomic E-state index is 6.04. The van der Waals surface area contributed by atoms with Gasteiger partial charge in [0.2, 0.25) is 0 Å². The fourth-order valence-electron chi connectivity index (χ4n) is 3.65. The summed E-state index contributed by atoms with van der Waals surface area (Å²) in [6, 6.07) is 16.3. The summed E-state index contributed by atoms with van der Waals surface area (Å²) in [4.78, 5) is 6.98. The third-order valence-corrected chi connectivity index (χ3v) is 5.33. The largest absolute Gasteiger partial charge is 0.353 e. The molecule has 3 heterocycles. The molecule has 118 valence electrons. The number of rotatable bonds is 1. The number of nitrogens with zero attached hydrogens (tertiary/aromatic N) is 1. The second-order valence-corrected chi connectivity index (χ2v) is 6.91. The number of aromatic nitrogens is 3. The van der Waals surface area contributed by atoms with Gasteiger partial charge in [0.1, 0.15) is 0 Å². The number of H-pyrrole nitrogens is 2. The van der Waals surface area contributed by atoms with Gasteiger partial charge >= 0.3 is 0 Å². The molecule has 0 bridgehead atoms. The van der Waals surface area contributed by atoms with Crippen molar-refractivity contribution in [3.63, 3.8) is 0 Å². The van der Waals surface area contributed by atoms with Crippen LogP contribution in [-0.4, -0.2) is 14.5 Å². The van der Waals surface area contributed by atoms with Crippen molar-refractivity contribution in [1.29, 1.82) is 0 Å². The average molecular weight is 352 g/mol. The molecule has 2 aromatic heterocycles. The topological polar surface area (TPSA) is 36.5 Å². The first-order valence-corrected chi connectivity index (χ1v) is 8.70. The van der Waals surface area contributed by atoms with Crippen molar-refractivity contribution < 1.29 is 0 Å². The van der Waals surface area contributed by atoms with Crippen LogP contribution in [0, 0.1) is 4.77 Å². The van der Waals surface area contributed by atoms with Gasteiger partial charge < -0.3 is 14.5 Å². The number of halogens is 1. The fourth-order valence-corrected chi connectivity index (χ4v) is 4.06. The standard InChI is InChI=1S/C19H14ClN3S/c20-12-7-5-11(6-8-12)16-18-17-14(9-10-23(18)19(24)22-16)13-3-1-2-4-15(13)21-17/h1-8,21H,9-10H2,(H,22,24). The van der Waals surface area contributed by atoms with Crippen LogP contribution in [0.25, 0.3) is 33.5 Å². The van der Waals surface area contributed by atoms with E-state index in [-0.39, 0.29) is 0 Å². The van der Waals surface area contributed by atoms with Gasteiger partial charge in [0.05, 0.1) is 17.1 Å². The molecule has 0 aliphatic carbocycles. The normalized spacial score (nSPS) is 13.0. The lowest BCUT2D eigenvalue weighted by atomic mass is 10.00. The molecule has 0 saturated carbocycles. The first-order chi connectivity index (χ1) is 11.7. The van der Waals surface area contributed by atoms with Crippen LogP contribution in [-0.2, 0) is 13.0 Å². The summed E-state index contributed by atoms with van der Waals surface area (Å²) in [6.45, 7) is 0.896. The second kappa shape index (κ2) is 5.10. The highest BCUT2D eigenvalue weighted by molar-refractivity contribution is 7.71. The van der Waals surface area contributed by atoms with Gasteiger partial charge in [0, 0.05) is 28.0 Å². The Hall–Kier alpha value is -2.30. The summed E-state index contributed by atoms with van der Waals surface area (Å²) in [5, 5.41) is 2.03. The van der Waals surface area contributed by atoms with Crippen molar-refractivity contribution in [3.8, 4) is 22.6 Å². The summed E-state index contributed by atoms with van der Waals surface area (Å²) in [5.41, 5.74) is 6.98. The zero-order valence-corrected chi connectivity index (χ0v) is 14.3. The molecule has 0 fully saturated rings. The van der Waals surface area contributed by atoms with Gasteiger partial charge in [0.25, 0.3) is 0 Å². The highest BCUT2D eigenvalue weighted by Crippen LogP contribution is 2.40. The van der Waals surface area contributed by atoms with Gasteiger partial charge in [-0.25, -0.2) is 0 Å². The monoisotopic (exact) mass is 351 g/mol. The zero-order chi connectivity index (χ0) is 16.3. The van der Waals surface area contributed by atoms with Crippen molar-refractivity contribution in [3.05, 3.63) is 63.9 Å². The molecule has 5 heteroatoms. The summed E-state index contributed by atoms with van der Waals surface area (Å²) in [5.74, 6) is 0. The third-order valence-electron chi connectivity index (χ3n) is 4.75. The van der Waals surface area contributed by atoms with Crippen LogP contribution in [0.2, 0.25) is 5.02 Å². The van der Waals surface area contributed by atoms with E-state index in [4.69, 9.17) is 23.8 Å². The van der Waals surface area contributed by atoms with E-state index in [1.807, 2.05) is 24.3 Å². The summed E-state index contributed by atoms with van der Waals surface area (Å²) in [6.07, 6.45) is 0.985. The number of para-hydroxylation sites is 1. The molecule has 2 N–H and O–H groups in total. The van der Waals surface area contributed by atoms with E-state index in [0.717, 1.165) is 39.7 Å². The van der Waals surface area contributed by atoms with Crippen molar-refractivity contribution in [2.45, 2.75) is 13.0 Å². The Labute approximate surface area is 148 Å². The highest BCUT2D eigenvalue weighted by atomic mass is 35.5. The molecule has 1 aliphatic rings. The van der Waals surface area contributed by atoms with E-state index >= 15 is 0 Å². The van der Waals surface area contributed by atoms with E-state index in [1.165, 1.54) is 22.2 Å². The van der Waals surface area contributed by atoms with E-state index in [0.29, 0.717) is 0 Å². The number of aryl methyl sites for hydroxylation is 1. The first-order valence-electron chi connectivity index (χ1n) is 7.91. The average Bonchev–Trinajstić information content (AvgIpc) is 3.14. The Balaban J connectivity index is 1.83. The Morgan fingerprint density at radius 1 is 0.958 bits per heavy atom. The van der Waals surface area contributed by atoms with Gasteiger partial charge in [-0.05, 0) is 42.4 Å². The van der Waals surface area contributed by atoms with Gasteiger partial charge in [-0.2, -0.15) is 0 Å². The molecule has 0 unspecified atom stereocenters. The highest BCUT2D eigenvalue weighted by Gasteiger charge is 2.25. The summed E-state index contributed by atoms with van der Waals surface area (Å²) in [7, 11) is 0. The molecule has 5 rings (SSSR count). The number of aromatic amines is 2. The summed E-state index contributed by atoms with van der Waals surface area (Å²) >= 11 is 11.6. The molecule has 4 aromatic rings. The van der Waals surface area contributed by atoms with Crippen molar-refractivity contribution in [2.75, 3.05) is 0 Å². The SMILES string of the molecule is S=c1[nH]c(-c2ccc(Cl)cc2)c2n1CCc1c-2[nH]c2ccccc12. The van der Waals surface area contributed by atoms with Crippen LogP contribution in [0.4, 0.5) is 0 Å². The zero-order valence-electron chi connectivity index (χ0n) is 12.8. The number of fused-ring (bicyclic) bond motifs is 5. The van der Waals surface area contributed by atoms with Crippen molar-refractivity contribution in [1.82, 2.24) is 14.5 Å². The predicted octanol–water partition coefficient (Wildman–Crippen LogP) is 5.57. The lowest BCUT2D eigenvalue weighted by Gasteiger charge is -2.17. The number of imidazole rings is 1. The molecule has 24 heavy (non-hydrogen) atoms. The van der Waals surface area contributed by atoms with Crippen LogP contribution in [0.1, 0.15) is 5.56 Å².